The zero-order valence-corrected chi connectivity index (χ0v) is 10.9. The number of benzene rings is 1. The molecule has 0 spiro atoms. The van der Waals surface area contributed by atoms with Gasteiger partial charge in [-0.15, -0.1) is 0 Å². The quantitative estimate of drug-likeness (QED) is 0.926. The van der Waals surface area contributed by atoms with Gasteiger partial charge in [-0.1, -0.05) is 0 Å². The van der Waals surface area contributed by atoms with Crippen LogP contribution in [0.5, 0.6) is 0 Å². The molecule has 0 aliphatic heterocycles. The minimum Gasteiger partial charge on any atom is -0.477 e. The van der Waals surface area contributed by atoms with Crippen molar-refractivity contribution in [2.45, 2.75) is 25.6 Å². The lowest BCUT2D eigenvalue weighted by Gasteiger charge is -2.13. The maximum absolute atomic E-state index is 13.7. The molecular weight excluding hydrogens is 287 g/mol. The molecule has 1 aliphatic rings. The van der Waals surface area contributed by atoms with Gasteiger partial charge in [0.2, 0.25) is 5.43 Å². The molecule has 4 nitrogen and oxygen atoms in total. The molecule has 1 aromatic heterocycles. The second-order valence-corrected chi connectivity index (χ2v) is 5.09. The van der Waals surface area contributed by atoms with Crippen molar-refractivity contribution in [2.75, 3.05) is 0 Å². The first-order valence-corrected chi connectivity index (χ1v) is 6.23. The van der Waals surface area contributed by atoms with Gasteiger partial charge >= 0.3 is 5.97 Å². The summed E-state index contributed by atoms with van der Waals surface area (Å²) in [7, 11) is 0. The minimum absolute atomic E-state index is 0.00606. The molecule has 1 heterocycles. The molecule has 0 saturated heterocycles. The Bertz CT molecular complexity index is 844. The van der Waals surface area contributed by atoms with Crippen LogP contribution in [-0.4, -0.2) is 21.8 Å². The molecule has 1 N–H and O–H groups in total. The van der Waals surface area contributed by atoms with E-state index in [0.29, 0.717) is 0 Å². The van der Waals surface area contributed by atoms with Gasteiger partial charge in [-0.3, -0.25) is 4.79 Å². The molecule has 1 aliphatic carbocycles. The van der Waals surface area contributed by atoms with Gasteiger partial charge in [0.05, 0.1) is 16.9 Å². The number of carboxylic acids is 1. The van der Waals surface area contributed by atoms with Crippen LogP contribution in [0.2, 0.25) is 0 Å². The van der Waals surface area contributed by atoms with E-state index < -0.39 is 40.8 Å². The number of aromatic nitrogens is 1. The van der Waals surface area contributed by atoms with Gasteiger partial charge in [-0.25, -0.2) is 18.0 Å². The number of rotatable bonds is 2. The third kappa shape index (κ3) is 1.91. The number of nitrogens with zero attached hydrogens (tertiary/aromatic N) is 1. The Kier molecular flexibility index (Phi) is 2.82. The minimum atomic E-state index is -1.49. The number of aryl methyl sites for hydroxylation is 1. The summed E-state index contributed by atoms with van der Waals surface area (Å²) in [5.74, 6) is -3.86. The third-order valence-electron chi connectivity index (χ3n) is 3.72. The highest BCUT2D eigenvalue weighted by Crippen LogP contribution is 2.41. The van der Waals surface area contributed by atoms with Crippen molar-refractivity contribution in [3.05, 3.63) is 45.2 Å². The molecule has 21 heavy (non-hydrogen) atoms. The third-order valence-corrected chi connectivity index (χ3v) is 3.72. The van der Waals surface area contributed by atoms with Gasteiger partial charge in [0.25, 0.3) is 0 Å². The van der Waals surface area contributed by atoms with Crippen LogP contribution >= 0.6 is 0 Å². The number of aromatic carboxylic acids is 1. The molecule has 7 heteroatoms. The number of hydrogen-bond acceptors (Lipinski definition) is 2. The van der Waals surface area contributed by atoms with Crippen LogP contribution < -0.4 is 5.43 Å². The van der Waals surface area contributed by atoms with E-state index in [1.165, 1.54) is 11.5 Å². The molecule has 0 radical (unpaired) electrons. The van der Waals surface area contributed by atoms with Crippen LogP contribution in [0.3, 0.4) is 0 Å². The van der Waals surface area contributed by atoms with E-state index in [4.69, 9.17) is 5.11 Å². The van der Waals surface area contributed by atoms with E-state index >= 15 is 0 Å². The molecule has 0 amide bonds. The van der Waals surface area contributed by atoms with Gasteiger partial charge in [-0.05, 0) is 6.92 Å². The fourth-order valence-electron chi connectivity index (χ4n) is 2.50. The predicted molar refractivity (Wildman–Crippen MR) is 68.4 cm³/mol. The molecule has 2 unspecified atom stereocenters. The van der Waals surface area contributed by atoms with Crippen molar-refractivity contribution in [3.63, 3.8) is 0 Å². The van der Waals surface area contributed by atoms with Crippen LogP contribution in [0.15, 0.2) is 17.1 Å². The zero-order chi connectivity index (χ0) is 15.5. The Morgan fingerprint density at radius 3 is 2.57 bits per heavy atom. The molecule has 1 saturated carbocycles. The van der Waals surface area contributed by atoms with Crippen molar-refractivity contribution in [2.24, 2.45) is 0 Å². The van der Waals surface area contributed by atoms with Gasteiger partial charge in [-0.2, -0.15) is 0 Å². The van der Waals surface area contributed by atoms with E-state index in [9.17, 15) is 22.8 Å². The first-order chi connectivity index (χ1) is 9.82. The molecule has 2 aromatic rings. The summed E-state index contributed by atoms with van der Waals surface area (Å²) in [6.07, 6.45) is -0.0471. The number of hydrogen-bond donors (Lipinski definition) is 1. The maximum Gasteiger partial charge on any atom is 0.341 e. The summed E-state index contributed by atoms with van der Waals surface area (Å²) in [6.45, 7) is 1.19. The molecule has 0 bridgehead atoms. The normalized spacial score (nSPS) is 20.8. The number of carbonyl (C=O) groups is 1. The van der Waals surface area contributed by atoms with Gasteiger partial charge in [0.1, 0.15) is 11.7 Å². The number of fused-ring (bicyclic) bond motifs is 1. The van der Waals surface area contributed by atoms with Crippen molar-refractivity contribution in [1.29, 1.82) is 0 Å². The summed E-state index contributed by atoms with van der Waals surface area (Å²) in [5.41, 5.74) is -1.76. The van der Waals surface area contributed by atoms with Crippen LogP contribution in [0.25, 0.3) is 10.9 Å². The highest BCUT2D eigenvalue weighted by atomic mass is 19.2. The lowest BCUT2D eigenvalue weighted by molar-refractivity contribution is 0.0694. The van der Waals surface area contributed by atoms with E-state index in [0.717, 1.165) is 12.3 Å². The molecule has 1 fully saturated rings. The largest absolute Gasteiger partial charge is 0.477 e. The van der Waals surface area contributed by atoms with Crippen molar-refractivity contribution in [3.8, 4) is 0 Å². The van der Waals surface area contributed by atoms with Crippen LogP contribution in [-0.2, 0) is 0 Å². The Balaban J connectivity index is 2.49. The second kappa shape index (κ2) is 4.34. The standard InChI is InChI=1S/C14H10F3NO3/c1-5-11-10(3-8(16)12(5)17)18(9-2-7(9)15)4-6(13(11)19)14(20)21/h3-4,7,9H,2H2,1H3,(H,20,21). The monoisotopic (exact) mass is 297 g/mol. The lowest BCUT2D eigenvalue weighted by atomic mass is 10.1. The fraction of sp³-hybridized carbons (Fsp3) is 0.286. The smallest absolute Gasteiger partial charge is 0.341 e. The number of halogens is 3. The van der Waals surface area contributed by atoms with Crippen LogP contribution in [0, 0.1) is 18.6 Å². The van der Waals surface area contributed by atoms with Crippen LogP contribution in [0.1, 0.15) is 28.4 Å². The molecule has 1 aromatic carbocycles. The molecule has 2 atom stereocenters. The average molecular weight is 297 g/mol. The first kappa shape index (κ1) is 13.7. The summed E-state index contributed by atoms with van der Waals surface area (Å²) in [4.78, 5) is 23.3. The number of carboxylic acid groups (broad SMARTS) is 1. The molecular formula is C14H10F3NO3. The van der Waals surface area contributed by atoms with E-state index in [1.54, 1.807) is 0 Å². The first-order valence-electron chi connectivity index (χ1n) is 6.23. The topological polar surface area (TPSA) is 59.3 Å². The van der Waals surface area contributed by atoms with E-state index in [-0.39, 0.29) is 22.9 Å². The van der Waals surface area contributed by atoms with Gasteiger partial charge in [0, 0.05) is 24.2 Å². The Morgan fingerprint density at radius 2 is 2.05 bits per heavy atom. The fourth-order valence-corrected chi connectivity index (χ4v) is 2.50. The SMILES string of the molecule is Cc1c(F)c(F)cc2c1c(=O)c(C(=O)O)cn2C1CC1F. The van der Waals surface area contributed by atoms with E-state index in [1.807, 2.05) is 0 Å². The zero-order valence-electron chi connectivity index (χ0n) is 10.9. The Labute approximate surface area is 116 Å². The molecule has 3 rings (SSSR count). The maximum atomic E-state index is 13.7. The van der Waals surface area contributed by atoms with Crippen molar-refractivity contribution in [1.82, 2.24) is 4.57 Å². The highest BCUT2D eigenvalue weighted by Gasteiger charge is 2.40. The highest BCUT2D eigenvalue weighted by molar-refractivity contribution is 5.93. The summed E-state index contributed by atoms with van der Waals surface area (Å²) in [6, 6.07) is 0.144. The summed E-state index contributed by atoms with van der Waals surface area (Å²) in [5, 5.41) is 8.83. The number of alkyl halides is 1. The van der Waals surface area contributed by atoms with E-state index in [2.05, 4.69) is 0 Å². The van der Waals surface area contributed by atoms with Crippen molar-refractivity contribution < 1.29 is 23.1 Å². The average Bonchev–Trinajstić information content (AvgIpc) is 3.12. The summed E-state index contributed by atoms with van der Waals surface area (Å²) >= 11 is 0. The number of pyridine rings is 1. The van der Waals surface area contributed by atoms with Gasteiger partial charge < -0.3 is 9.67 Å². The van der Waals surface area contributed by atoms with Crippen LogP contribution in [0.4, 0.5) is 13.2 Å². The molecule has 110 valence electrons. The summed E-state index contributed by atoms with van der Waals surface area (Å²) < 4.78 is 41.7. The van der Waals surface area contributed by atoms with Crippen molar-refractivity contribution >= 4 is 16.9 Å². The predicted octanol–water partition coefficient (Wildman–Crippen LogP) is 2.57. The Hall–Kier alpha value is -2.31. The van der Waals surface area contributed by atoms with Gasteiger partial charge in [0.15, 0.2) is 11.6 Å². The lowest BCUT2D eigenvalue weighted by Crippen LogP contribution is -2.20. The second-order valence-electron chi connectivity index (χ2n) is 5.09. The Morgan fingerprint density at radius 1 is 1.43 bits per heavy atom.